The molecule has 0 saturated carbocycles. The van der Waals surface area contributed by atoms with Crippen LogP contribution in [0.1, 0.15) is 84.1 Å². The number of rotatable bonds is 13. The summed E-state index contributed by atoms with van der Waals surface area (Å²) >= 11 is 0. The van der Waals surface area contributed by atoms with E-state index in [1.54, 1.807) is 0 Å². The number of carboxylic acids is 1. The standard InChI is InChI=1S/C26H38O4/c1-22(19-25(2)21-26(3,30-29-25)20-24(27)28)15-11-8-6-4-5-7-9-12-16-23-17-13-10-14-18-23/h7,9-10,12-14,16-18,22H,4-6,8,11,15,19-21H2,1-3H3,(H,27,28)/b9-7+,16-12+/t22?,25-,26?/m1/s1. The Kier molecular flexibility index (Phi) is 9.80. The van der Waals surface area contributed by atoms with Crippen LogP contribution in [0.3, 0.4) is 0 Å². The van der Waals surface area contributed by atoms with Crippen molar-refractivity contribution in [3.05, 3.63) is 54.1 Å². The average molecular weight is 415 g/mol. The molecule has 1 saturated heterocycles. The monoisotopic (exact) mass is 414 g/mol. The molecule has 4 heteroatoms. The zero-order valence-electron chi connectivity index (χ0n) is 18.8. The number of unbranched alkanes of at least 4 members (excludes halogenated alkanes) is 4. The molecule has 1 fully saturated rings. The van der Waals surface area contributed by atoms with E-state index in [0.29, 0.717) is 12.3 Å². The smallest absolute Gasteiger partial charge is 0.306 e. The Morgan fingerprint density at radius 2 is 1.77 bits per heavy atom. The summed E-state index contributed by atoms with van der Waals surface area (Å²) in [6.07, 6.45) is 17.4. The van der Waals surface area contributed by atoms with Gasteiger partial charge in [-0.2, -0.15) is 0 Å². The molecular formula is C26H38O4. The summed E-state index contributed by atoms with van der Waals surface area (Å²) < 4.78 is 0. The lowest BCUT2D eigenvalue weighted by molar-refractivity contribution is -0.346. The summed E-state index contributed by atoms with van der Waals surface area (Å²) in [6, 6.07) is 10.3. The van der Waals surface area contributed by atoms with Crippen LogP contribution < -0.4 is 0 Å². The van der Waals surface area contributed by atoms with Gasteiger partial charge in [0.1, 0.15) is 11.2 Å². The van der Waals surface area contributed by atoms with Gasteiger partial charge in [0.25, 0.3) is 0 Å². The number of benzene rings is 1. The fourth-order valence-corrected chi connectivity index (χ4v) is 4.42. The maximum absolute atomic E-state index is 11.0. The lowest BCUT2D eigenvalue weighted by Gasteiger charge is -2.25. The molecule has 3 atom stereocenters. The van der Waals surface area contributed by atoms with Gasteiger partial charge in [-0.25, -0.2) is 9.78 Å². The fraction of sp³-hybridized carbons (Fsp3) is 0.577. The van der Waals surface area contributed by atoms with E-state index < -0.39 is 11.6 Å². The first-order chi connectivity index (χ1) is 14.3. The van der Waals surface area contributed by atoms with Gasteiger partial charge in [0.2, 0.25) is 0 Å². The molecule has 0 bridgehead atoms. The Hall–Kier alpha value is -1.91. The number of hydrogen-bond acceptors (Lipinski definition) is 3. The molecule has 1 heterocycles. The molecule has 1 aromatic carbocycles. The quantitative estimate of drug-likeness (QED) is 0.215. The number of aliphatic carboxylic acids is 1. The van der Waals surface area contributed by atoms with Crippen molar-refractivity contribution in [2.45, 2.75) is 89.8 Å². The van der Waals surface area contributed by atoms with Gasteiger partial charge in [-0.15, -0.1) is 0 Å². The molecule has 30 heavy (non-hydrogen) atoms. The van der Waals surface area contributed by atoms with Crippen molar-refractivity contribution in [2.75, 3.05) is 0 Å². The van der Waals surface area contributed by atoms with Gasteiger partial charge in [-0.05, 0) is 44.6 Å². The van der Waals surface area contributed by atoms with E-state index in [4.69, 9.17) is 14.9 Å². The highest BCUT2D eigenvalue weighted by atomic mass is 17.2. The minimum Gasteiger partial charge on any atom is -0.481 e. The third-order valence-corrected chi connectivity index (χ3v) is 5.65. The van der Waals surface area contributed by atoms with Crippen molar-refractivity contribution >= 4 is 12.0 Å². The van der Waals surface area contributed by atoms with Crippen molar-refractivity contribution < 1.29 is 19.7 Å². The molecule has 0 aliphatic carbocycles. The Morgan fingerprint density at radius 3 is 2.50 bits per heavy atom. The van der Waals surface area contributed by atoms with Crippen LogP contribution in [0, 0.1) is 5.92 Å². The van der Waals surface area contributed by atoms with Crippen LogP contribution in [0.4, 0.5) is 0 Å². The van der Waals surface area contributed by atoms with Gasteiger partial charge in [0, 0.05) is 6.42 Å². The molecule has 166 valence electrons. The summed E-state index contributed by atoms with van der Waals surface area (Å²) in [7, 11) is 0. The highest BCUT2D eigenvalue weighted by molar-refractivity contribution is 5.68. The van der Waals surface area contributed by atoms with Crippen LogP contribution in [-0.2, 0) is 14.6 Å². The molecule has 1 aromatic rings. The summed E-state index contributed by atoms with van der Waals surface area (Å²) in [5.74, 6) is -0.311. The highest BCUT2D eigenvalue weighted by Gasteiger charge is 2.47. The van der Waals surface area contributed by atoms with Crippen LogP contribution in [-0.4, -0.2) is 22.3 Å². The van der Waals surface area contributed by atoms with Crippen molar-refractivity contribution in [3.8, 4) is 0 Å². The van der Waals surface area contributed by atoms with Crippen molar-refractivity contribution in [2.24, 2.45) is 5.92 Å². The van der Waals surface area contributed by atoms with E-state index in [-0.39, 0.29) is 12.0 Å². The number of carboxylic acid groups (broad SMARTS) is 1. The van der Waals surface area contributed by atoms with Crippen LogP contribution in [0.2, 0.25) is 0 Å². The van der Waals surface area contributed by atoms with Gasteiger partial charge >= 0.3 is 5.97 Å². The molecule has 2 rings (SSSR count). The number of allylic oxidation sites excluding steroid dienone is 3. The fourth-order valence-electron chi connectivity index (χ4n) is 4.42. The summed E-state index contributed by atoms with van der Waals surface area (Å²) in [6.45, 7) is 6.11. The molecule has 1 aliphatic rings. The molecule has 1 N–H and O–H groups in total. The SMILES string of the molecule is CC(CCCCCC/C=C/C=C/c1ccccc1)C[C@]1(C)CC(C)(CC(=O)O)OO1. The Labute approximate surface area is 181 Å². The summed E-state index contributed by atoms with van der Waals surface area (Å²) in [5.41, 5.74) is 0.123. The maximum atomic E-state index is 11.0. The Balaban J connectivity index is 1.53. The minimum atomic E-state index is -0.847. The number of carbonyl (C=O) groups is 1. The van der Waals surface area contributed by atoms with Gasteiger partial charge < -0.3 is 5.11 Å². The van der Waals surface area contributed by atoms with Crippen LogP contribution in [0.15, 0.2) is 48.6 Å². The van der Waals surface area contributed by atoms with E-state index in [1.165, 1.54) is 37.7 Å². The van der Waals surface area contributed by atoms with Gasteiger partial charge in [-0.3, -0.25) is 4.79 Å². The highest BCUT2D eigenvalue weighted by Crippen LogP contribution is 2.42. The second kappa shape index (κ2) is 12.1. The molecule has 4 nitrogen and oxygen atoms in total. The van der Waals surface area contributed by atoms with Crippen molar-refractivity contribution in [1.29, 1.82) is 0 Å². The Morgan fingerprint density at radius 1 is 1.07 bits per heavy atom. The molecule has 0 amide bonds. The van der Waals surface area contributed by atoms with Crippen LogP contribution >= 0.6 is 0 Å². The normalized spacial score (nSPS) is 25.3. The van der Waals surface area contributed by atoms with Crippen LogP contribution in [0.25, 0.3) is 6.08 Å². The first-order valence-electron chi connectivity index (χ1n) is 11.3. The molecule has 2 unspecified atom stereocenters. The predicted molar refractivity (Wildman–Crippen MR) is 122 cm³/mol. The van der Waals surface area contributed by atoms with Gasteiger partial charge in [0.15, 0.2) is 0 Å². The molecule has 1 aliphatic heterocycles. The van der Waals surface area contributed by atoms with E-state index in [0.717, 1.165) is 12.8 Å². The van der Waals surface area contributed by atoms with E-state index in [2.05, 4.69) is 55.5 Å². The zero-order chi connectivity index (χ0) is 21.9. The average Bonchev–Trinajstić information content (AvgIpc) is 2.97. The lowest BCUT2D eigenvalue weighted by Crippen LogP contribution is -2.31. The zero-order valence-corrected chi connectivity index (χ0v) is 18.8. The molecule has 0 spiro atoms. The minimum absolute atomic E-state index is 0.0204. The third kappa shape index (κ3) is 9.27. The van der Waals surface area contributed by atoms with Crippen molar-refractivity contribution in [1.82, 2.24) is 0 Å². The molecule has 0 aromatic heterocycles. The maximum Gasteiger partial charge on any atom is 0.306 e. The van der Waals surface area contributed by atoms with E-state index in [1.807, 2.05) is 19.9 Å². The van der Waals surface area contributed by atoms with E-state index in [9.17, 15) is 4.79 Å². The largest absolute Gasteiger partial charge is 0.481 e. The summed E-state index contributed by atoms with van der Waals surface area (Å²) in [5, 5.41) is 9.04. The predicted octanol–water partition coefficient (Wildman–Crippen LogP) is 6.97. The van der Waals surface area contributed by atoms with Crippen molar-refractivity contribution in [3.63, 3.8) is 0 Å². The first-order valence-corrected chi connectivity index (χ1v) is 11.3. The number of hydrogen-bond donors (Lipinski definition) is 1. The molecule has 0 radical (unpaired) electrons. The molecular weight excluding hydrogens is 376 g/mol. The first kappa shape index (κ1) is 24.4. The van der Waals surface area contributed by atoms with Gasteiger partial charge in [-0.1, -0.05) is 87.2 Å². The second-order valence-corrected chi connectivity index (χ2v) is 9.31. The van der Waals surface area contributed by atoms with Gasteiger partial charge in [0.05, 0.1) is 6.42 Å². The van der Waals surface area contributed by atoms with E-state index >= 15 is 0 Å². The lowest BCUT2D eigenvalue weighted by atomic mass is 9.81. The second-order valence-electron chi connectivity index (χ2n) is 9.31. The summed E-state index contributed by atoms with van der Waals surface area (Å²) in [4.78, 5) is 22.0. The van der Waals surface area contributed by atoms with Crippen LogP contribution in [0.5, 0.6) is 0 Å². The third-order valence-electron chi connectivity index (χ3n) is 5.65. The Bertz CT molecular complexity index is 696. The topological polar surface area (TPSA) is 55.8 Å².